The van der Waals surface area contributed by atoms with E-state index < -0.39 is 6.10 Å². The van der Waals surface area contributed by atoms with E-state index in [2.05, 4.69) is 30.6 Å². The Bertz CT molecular complexity index is 387. The highest BCUT2D eigenvalue weighted by Crippen LogP contribution is 2.22. The van der Waals surface area contributed by atoms with Gasteiger partial charge in [0.25, 0.3) is 0 Å². The molecule has 0 bridgehead atoms. The lowest BCUT2D eigenvalue weighted by Crippen LogP contribution is -2.53. The van der Waals surface area contributed by atoms with Gasteiger partial charge in [-0.05, 0) is 25.8 Å². The molecule has 1 heterocycles. The van der Waals surface area contributed by atoms with E-state index in [1.54, 1.807) is 0 Å². The van der Waals surface area contributed by atoms with Crippen molar-refractivity contribution in [3.63, 3.8) is 0 Å². The molecule has 1 aliphatic rings. The smallest absolute Gasteiger partial charge is 0.0942 e. The van der Waals surface area contributed by atoms with Crippen molar-refractivity contribution < 1.29 is 5.11 Å². The van der Waals surface area contributed by atoms with Gasteiger partial charge in [-0.3, -0.25) is 9.80 Å². The first-order valence-corrected chi connectivity index (χ1v) is 7.84. The minimum Gasteiger partial charge on any atom is -0.387 e. The second kappa shape index (κ2) is 7.21. The number of piperazine rings is 1. The third kappa shape index (κ3) is 3.60. The Hall–Kier alpha value is -0.900. The maximum absolute atomic E-state index is 10.5. The largest absolute Gasteiger partial charge is 0.387 e. The van der Waals surface area contributed by atoms with E-state index in [1.165, 1.54) is 6.42 Å². The lowest BCUT2D eigenvalue weighted by Gasteiger charge is -2.41. The zero-order chi connectivity index (χ0) is 14.5. The maximum atomic E-state index is 10.5. The molecule has 1 aliphatic heterocycles. The van der Waals surface area contributed by atoms with E-state index in [0.717, 1.165) is 31.7 Å². The summed E-state index contributed by atoms with van der Waals surface area (Å²) in [5.41, 5.74) is 1.02. The summed E-state index contributed by atoms with van der Waals surface area (Å²) in [6, 6.07) is 10.8. The van der Waals surface area contributed by atoms with Crippen LogP contribution in [-0.4, -0.2) is 53.2 Å². The molecule has 3 heteroatoms. The standard InChI is InChI=1S/C17H28N2O/c1-4-14(2)18-10-12-19(13-11-18)15(3)17(20)16-8-6-5-7-9-16/h5-9,14-15,17,20H,4,10-13H2,1-3H3. The Morgan fingerprint density at radius 2 is 1.55 bits per heavy atom. The molecular weight excluding hydrogens is 248 g/mol. The third-order valence-corrected chi connectivity index (χ3v) is 4.74. The fourth-order valence-corrected chi connectivity index (χ4v) is 2.97. The van der Waals surface area contributed by atoms with E-state index in [9.17, 15) is 5.11 Å². The predicted octanol–water partition coefficient (Wildman–Crippen LogP) is 2.52. The van der Waals surface area contributed by atoms with Crippen molar-refractivity contribution in [1.82, 2.24) is 9.80 Å². The average molecular weight is 276 g/mol. The Labute approximate surface area is 123 Å². The Balaban J connectivity index is 1.90. The minimum absolute atomic E-state index is 0.177. The van der Waals surface area contributed by atoms with Gasteiger partial charge in [0.15, 0.2) is 0 Å². The van der Waals surface area contributed by atoms with Gasteiger partial charge in [0, 0.05) is 38.3 Å². The van der Waals surface area contributed by atoms with Crippen molar-refractivity contribution >= 4 is 0 Å². The summed E-state index contributed by atoms with van der Waals surface area (Å²) < 4.78 is 0. The molecule has 1 aromatic rings. The van der Waals surface area contributed by atoms with Crippen molar-refractivity contribution in [2.45, 2.75) is 45.4 Å². The number of aliphatic hydroxyl groups excluding tert-OH is 1. The third-order valence-electron chi connectivity index (χ3n) is 4.74. The zero-order valence-corrected chi connectivity index (χ0v) is 13.0. The Kier molecular flexibility index (Phi) is 5.58. The lowest BCUT2D eigenvalue weighted by atomic mass is 10.0. The lowest BCUT2D eigenvalue weighted by molar-refractivity contribution is 0.0172. The molecule has 1 N–H and O–H groups in total. The number of benzene rings is 1. The minimum atomic E-state index is -0.397. The quantitative estimate of drug-likeness (QED) is 0.895. The number of aliphatic hydroxyl groups is 1. The molecule has 3 atom stereocenters. The molecule has 0 radical (unpaired) electrons. The van der Waals surface area contributed by atoms with Gasteiger partial charge in [-0.25, -0.2) is 0 Å². The van der Waals surface area contributed by atoms with Gasteiger partial charge in [0.05, 0.1) is 6.10 Å². The van der Waals surface area contributed by atoms with Gasteiger partial charge in [-0.2, -0.15) is 0 Å². The second-order valence-corrected chi connectivity index (χ2v) is 5.93. The molecule has 1 saturated heterocycles. The molecule has 0 aliphatic carbocycles. The van der Waals surface area contributed by atoms with Crippen LogP contribution in [0.25, 0.3) is 0 Å². The fraction of sp³-hybridized carbons (Fsp3) is 0.647. The van der Waals surface area contributed by atoms with Gasteiger partial charge in [0.1, 0.15) is 0 Å². The first-order chi connectivity index (χ1) is 9.63. The van der Waals surface area contributed by atoms with Crippen molar-refractivity contribution in [2.75, 3.05) is 26.2 Å². The van der Waals surface area contributed by atoms with Gasteiger partial charge in [-0.15, -0.1) is 0 Å². The highest BCUT2D eigenvalue weighted by Gasteiger charge is 2.27. The van der Waals surface area contributed by atoms with E-state index in [-0.39, 0.29) is 6.04 Å². The van der Waals surface area contributed by atoms with Crippen LogP contribution < -0.4 is 0 Å². The average Bonchev–Trinajstić information content (AvgIpc) is 2.53. The molecule has 0 aromatic heterocycles. The number of nitrogens with zero attached hydrogens (tertiary/aromatic N) is 2. The summed E-state index contributed by atoms with van der Waals surface area (Å²) in [5.74, 6) is 0. The molecular formula is C17H28N2O. The van der Waals surface area contributed by atoms with Crippen molar-refractivity contribution in [1.29, 1.82) is 0 Å². The van der Waals surface area contributed by atoms with Gasteiger partial charge in [0.2, 0.25) is 0 Å². The van der Waals surface area contributed by atoms with E-state index in [0.29, 0.717) is 6.04 Å². The summed E-state index contributed by atoms with van der Waals surface area (Å²) in [6.45, 7) is 11.0. The predicted molar refractivity (Wildman–Crippen MR) is 83.8 cm³/mol. The maximum Gasteiger partial charge on any atom is 0.0942 e. The number of rotatable bonds is 5. The van der Waals surface area contributed by atoms with Crippen LogP contribution in [0.15, 0.2) is 30.3 Å². The molecule has 112 valence electrons. The van der Waals surface area contributed by atoms with Gasteiger partial charge >= 0.3 is 0 Å². The van der Waals surface area contributed by atoms with E-state index in [1.807, 2.05) is 30.3 Å². The summed E-state index contributed by atoms with van der Waals surface area (Å²) >= 11 is 0. The van der Waals surface area contributed by atoms with Crippen LogP contribution in [0.1, 0.15) is 38.9 Å². The summed E-state index contributed by atoms with van der Waals surface area (Å²) in [6.07, 6.45) is 0.814. The van der Waals surface area contributed by atoms with Crippen LogP contribution in [0.3, 0.4) is 0 Å². The van der Waals surface area contributed by atoms with Gasteiger partial charge in [-0.1, -0.05) is 37.3 Å². The molecule has 0 amide bonds. The Morgan fingerprint density at radius 1 is 1.00 bits per heavy atom. The Morgan fingerprint density at radius 3 is 2.10 bits per heavy atom. The first-order valence-electron chi connectivity index (χ1n) is 7.84. The normalized spacial score (nSPS) is 22.4. The highest BCUT2D eigenvalue weighted by molar-refractivity contribution is 5.18. The molecule has 1 aromatic carbocycles. The van der Waals surface area contributed by atoms with Crippen molar-refractivity contribution in [2.24, 2.45) is 0 Å². The zero-order valence-electron chi connectivity index (χ0n) is 13.0. The van der Waals surface area contributed by atoms with Crippen LogP contribution >= 0.6 is 0 Å². The molecule has 2 rings (SSSR count). The van der Waals surface area contributed by atoms with Crippen LogP contribution in [0.5, 0.6) is 0 Å². The molecule has 1 fully saturated rings. The van der Waals surface area contributed by atoms with Crippen molar-refractivity contribution in [3.8, 4) is 0 Å². The topological polar surface area (TPSA) is 26.7 Å². The molecule has 3 unspecified atom stereocenters. The van der Waals surface area contributed by atoms with Crippen LogP contribution in [0, 0.1) is 0 Å². The van der Waals surface area contributed by atoms with E-state index >= 15 is 0 Å². The molecule has 0 spiro atoms. The molecule has 0 saturated carbocycles. The van der Waals surface area contributed by atoms with Gasteiger partial charge < -0.3 is 5.11 Å². The SMILES string of the molecule is CCC(C)N1CCN(C(C)C(O)c2ccccc2)CC1. The number of hydrogen-bond acceptors (Lipinski definition) is 3. The highest BCUT2D eigenvalue weighted by atomic mass is 16.3. The fourth-order valence-electron chi connectivity index (χ4n) is 2.97. The summed E-state index contributed by atoms with van der Waals surface area (Å²) in [5, 5.41) is 10.5. The number of hydrogen-bond donors (Lipinski definition) is 1. The monoisotopic (exact) mass is 276 g/mol. The van der Waals surface area contributed by atoms with Crippen molar-refractivity contribution in [3.05, 3.63) is 35.9 Å². The summed E-state index contributed by atoms with van der Waals surface area (Å²) in [7, 11) is 0. The van der Waals surface area contributed by atoms with E-state index in [4.69, 9.17) is 0 Å². The summed E-state index contributed by atoms with van der Waals surface area (Å²) in [4.78, 5) is 4.97. The van der Waals surface area contributed by atoms with Crippen LogP contribution in [0.2, 0.25) is 0 Å². The molecule has 3 nitrogen and oxygen atoms in total. The van der Waals surface area contributed by atoms with Crippen LogP contribution in [0.4, 0.5) is 0 Å². The first kappa shape index (κ1) is 15.5. The van der Waals surface area contributed by atoms with Crippen LogP contribution in [-0.2, 0) is 0 Å². The molecule has 20 heavy (non-hydrogen) atoms. The second-order valence-electron chi connectivity index (χ2n) is 5.93.